The highest BCUT2D eigenvalue weighted by molar-refractivity contribution is 14.1. The maximum Gasteiger partial charge on any atom is 0.119 e. The number of methoxy groups -OCH3 is 1. The first-order valence-corrected chi connectivity index (χ1v) is 5.02. The van der Waals surface area contributed by atoms with Crippen molar-refractivity contribution in [1.29, 1.82) is 0 Å². The molecule has 0 saturated heterocycles. The van der Waals surface area contributed by atoms with Crippen molar-refractivity contribution in [3.63, 3.8) is 0 Å². The van der Waals surface area contributed by atoms with Crippen molar-refractivity contribution >= 4 is 33.4 Å². The lowest BCUT2D eigenvalue weighted by Gasteiger charge is -2.02. The minimum atomic E-state index is 0.564. The Morgan fingerprint density at radius 1 is 1.23 bits per heavy atom. The molecule has 13 heavy (non-hydrogen) atoms. The van der Waals surface area contributed by atoms with Crippen molar-refractivity contribution < 1.29 is 6.11 Å². The van der Waals surface area contributed by atoms with E-state index in [4.69, 9.17) is 6.11 Å². The van der Waals surface area contributed by atoms with Crippen LogP contribution in [0.25, 0.3) is 10.8 Å². The zero-order valence-corrected chi connectivity index (χ0v) is 9.33. The summed E-state index contributed by atoms with van der Waals surface area (Å²) in [6.45, 7) is 0. The second-order valence-corrected chi connectivity index (χ2v) is 4.02. The van der Waals surface area contributed by atoms with Crippen LogP contribution in [0.2, 0.25) is 0 Å². The second-order valence-electron chi connectivity index (χ2n) is 2.77. The molecule has 0 aliphatic rings. The number of rotatable bonds is 1. The average Bonchev–Trinajstić information content (AvgIpc) is 2.16. The third-order valence-corrected chi connectivity index (χ3v) is 2.54. The van der Waals surface area contributed by atoms with E-state index in [2.05, 4.69) is 28.7 Å². The zero-order chi connectivity index (χ0) is 10.1. The van der Waals surface area contributed by atoms with Gasteiger partial charge >= 0.3 is 0 Å². The molecule has 0 amide bonds. The van der Waals surface area contributed by atoms with Crippen LogP contribution in [0.3, 0.4) is 0 Å². The third-order valence-electron chi connectivity index (χ3n) is 1.92. The highest BCUT2D eigenvalue weighted by atomic mass is 127. The van der Waals surface area contributed by atoms with Gasteiger partial charge in [-0.1, -0.05) is 12.1 Å². The molecule has 0 unspecified atom stereocenters. The normalized spacial score (nSPS) is 11.4. The standard InChI is InChI=1S/C11H9IO/c1-13-11-5-3-8-2-4-10(12)6-9(8)7-11/h2-7H,1H3/i2D. The molecular weight excluding hydrogens is 275 g/mol. The second kappa shape index (κ2) is 3.54. The number of hydrogen-bond acceptors (Lipinski definition) is 1. The summed E-state index contributed by atoms with van der Waals surface area (Å²) >= 11 is 2.22. The smallest absolute Gasteiger partial charge is 0.119 e. The van der Waals surface area contributed by atoms with Gasteiger partial charge in [-0.15, -0.1) is 0 Å². The van der Waals surface area contributed by atoms with E-state index in [-0.39, 0.29) is 0 Å². The number of benzene rings is 2. The van der Waals surface area contributed by atoms with E-state index in [1.807, 2.05) is 24.3 Å². The fourth-order valence-corrected chi connectivity index (χ4v) is 1.75. The van der Waals surface area contributed by atoms with Crippen LogP contribution in [-0.2, 0) is 0 Å². The molecule has 0 spiro atoms. The summed E-state index contributed by atoms with van der Waals surface area (Å²) in [6, 6.07) is 10.2. The highest BCUT2D eigenvalue weighted by Crippen LogP contribution is 2.22. The number of fused-ring (bicyclic) bond motifs is 1. The molecule has 2 aromatic carbocycles. The Bertz CT molecular complexity index is 482. The van der Waals surface area contributed by atoms with Crippen molar-refractivity contribution in [3.05, 3.63) is 39.9 Å². The number of ether oxygens (including phenoxy) is 1. The van der Waals surface area contributed by atoms with E-state index >= 15 is 0 Å². The van der Waals surface area contributed by atoms with E-state index in [1.165, 1.54) is 0 Å². The van der Waals surface area contributed by atoms with Gasteiger partial charge in [0.25, 0.3) is 0 Å². The van der Waals surface area contributed by atoms with Crippen molar-refractivity contribution in [2.75, 3.05) is 7.11 Å². The quantitative estimate of drug-likeness (QED) is 0.729. The Morgan fingerprint density at radius 3 is 2.85 bits per heavy atom. The van der Waals surface area contributed by atoms with Gasteiger partial charge in [-0.05, 0) is 57.6 Å². The van der Waals surface area contributed by atoms with E-state index in [0.717, 1.165) is 20.1 Å². The summed E-state index contributed by atoms with van der Waals surface area (Å²) in [4.78, 5) is 0. The maximum atomic E-state index is 7.79. The van der Waals surface area contributed by atoms with Crippen LogP contribution < -0.4 is 4.74 Å². The minimum Gasteiger partial charge on any atom is -0.497 e. The van der Waals surface area contributed by atoms with Crippen molar-refractivity contribution in [3.8, 4) is 5.75 Å². The molecule has 2 rings (SSSR count). The Balaban J connectivity index is 2.75. The Hall–Kier alpha value is -0.770. The van der Waals surface area contributed by atoms with Crippen LogP contribution in [0.5, 0.6) is 5.75 Å². The molecule has 0 bridgehead atoms. The van der Waals surface area contributed by atoms with Crippen LogP contribution in [-0.4, -0.2) is 7.11 Å². The predicted octanol–water partition coefficient (Wildman–Crippen LogP) is 3.45. The first kappa shape index (κ1) is 7.62. The van der Waals surface area contributed by atoms with Gasteiger partial charge in [-0.2, -0.15) is 0 Å². The zero-order valence-electron chi connectivity index (χ0n) is 8.17. The van der Waals surface area contributed by atoms with E-state index < -0.39 is 0 Å². The van der Waals surface area contributed by atoms with Crippen LogP contribution in [0.15, 0.2) is 36.4 Å². The Labute approximate surface area is 92.3 Å². The molecule has 1 nitrogen and oxygen atoms in total. The van der Waals surface area contributed by atoms with Crippen LogP contribution in [0.1, 0.15) is 1.37 Å². The van der Waals surface area contributed by atoms with E-state index in [1.54, 1.807) is 7.11 Å². The van der Waals surface area contributed by atoms with Gasteiger partial charge in [0.1, 0.15) is 5.75 Å². The lowest BCUT2D eigenvalue weighted by molar-refractivity contribution is 0.415. The first-order valence-electron chi connectivity index (χ1n) is 4.44. The molecule has 2 heteroatoms. The molecule has 0 atom stereocenters. The van der Waals surface area contributed by atoms with Gasteiger partial charge in [-0.25, -0.2) is 0 Å². The molecule has 66 valence electrons. The molecular formula is C11H9IO. The molecule has 0 heterocycles. The molecule has 0 fully saturated rings. The van der Waals surface area contributed by atoms with Crippen LogP contribution in [0, 0.1) is 3.57 Å². The lowest BCUT2D eigenvalue weighted by Crippen LogP contribution is -1.82. The Kier molecular flexibility index (Phi) is 2.07. The van der Waals surface area contributed by atoms with Gasteiger partial charge in [0.15, 0.2) is 0 Å². The van der Waals surface area contributed by atoms with E-state index in [0.29, 0.717) is 6.04 Å². The minimum absolute atomic E-state index is 0.564. The molecule has 0 saturated carbocycles. The molecule has 0 aliphatic carbocycles. The number of hydrogen-bond donors (Lipinski definition) is 0. The fourth-order valence-electron chi connectivity index (χ4n) is 1.26. The average molecular weight is 285 g/mol. The predicted molar refractivity (Wildman–Crippen MR) is 63.2 cm³/mol. The number of halogens is 1. The van der Waals surface area contributed by atoms with Gasteiger partial charge in [-0.3, -0.25) is 0 Å². The van der Waals surface area contributed by atoms with Crippen LogP contribution >= 0.6 is 22.6 Å². The molecule has 0 aromatic heterocycles. The van der Waals surface area contributed by atoms with Crippen LogP contribution in [0.4, 0.5) is 0 Å². The van der Waals surface area contributed by atoms with Gasteiger partial charge in [0.05, 0.1) is 8.48 Å². The topological polar surface area (TPSA) is 9.23 Å². The van der Waals surface area contributed by atoms with Gasteiger partial charge in [0.2, 0.25) is 0 Å². The van der Waals surface area contributed by atoms with Crippen molar-refractivity contribution in [1.82, 2.24) is 0 Å². The monoisotopic (exact) mass is 285 g/mol. The highest BCUT2D eigenvalue weighted by Gasteiger charge is 1.96. The largest absolute Gasteiger partial charge is 0.497 e. The van der Waals surface area contributed by atoms with Gasteiger partial charge in [0, 0.05) is 3.57 Å². The molecule has 0 N–H and O–H groups in total. The summed E-state index contributed by atoms with van der Waals surface area (Å²) in [5.41, 5.74) is 0. The Morgan fingerprint density at radius 2 is 2.08 bits per heavy atom. The lowest BCUT2D eigenvalue weighted by atomic mass is 10.1. The van der Waals surface area contributed by atoms with E-state index in [9.17, 15) is 0 Å². The van der Waals surface area contributed by atoms with Crippen molar-refractivity contribution in [2.24, 2.45) is 0 Å². The molecule has 0 radical (unpaired) electrons. The van der Waals surface area contributed by atoms with Gasteiger partial charge < -0.3 is 4.74 Å². The SMILES string of the molecule is [2H]c1cc(I)cc2cc(OC)ccc12. The fraction of sp³-hybridized carbons (Fsp3) is 0.0909. The summed E-state index contributed by atoms with van der Waals surface area (Å²) in [7, 11) is 1.65. The maximum absolute atomic E-state index is 7.79. The third kappa shape index (κ3) is 1.77. The summed E-state index contributed by atoms with van der Waals surface area (Å²) < 4.78 is 14.0. The van der Waals surface area contributed by atoms with Crippen molar-refractivity contribution in [2.45, 2.75) is 0 Å². The summed E-state index contributed by atoms with van der Waals surface area (Å²) in [6.07, 6.45) is 0. The molecule has 0 aliphatic heterocycles. The summed E-state index contributed by atoms with van der Waals surface area (Å²) in [5.74, 6) is 0.832. The first-order chi connectivity index (χ1) is 6.70. The molecule has 2 aromatic rings. The summed E-state index contributed by atoms with van der Waals surface area (Å²) in [5, 5.41) is 2.02.